The summed E-state index contributed by atoms with van der Waals surface area (Å²) in [6, 6.07) is 0. The monoisotopic (exact) mass is 252 g/mol. The van der Waals surface area contributed by atoms with Crippen molar-refractivity contribution in [1.82, 2.24) is 0 Å². The van der Waals surface area contributed by atoms with Crippen LogP contribution in [0.15, 0.2) is 9.21 Å². The Morgan fingerprint density at radius 1 is 1.17 bits per heavy atom. The van der Waals surface area contributed by atoms with Crippen molar-refractivity contribution in [2.75, 3.05) is 0 Å². The van der Waals surface area contributed by atoms with Gasteiger partial charge in [-0.05, 0) is 19.8 Å². The molecule has 0 bridgehead atoms. The zero-order valence-corrected chi connectivity index (χ0v) is 12.2. The van der Waals surface area contributed by atoms with E-state index >= 15 is 0 Å². The smallest absolute Gasteiger partial charge is 0.191 e. The number of hydrogen-bond donors (Lipinski definition) is 1. The van der Waals surface area contributed by atoms with E-state index in [0.717, 1.165) is 5.76 Å². The second kappa shape index (κ2) is 5.70. The Labute approximate surface area is 109 Å². The van der Waals surface area contributed by atoms with Gasteiger partial charge in [0, 0.05) is 23.5 Å². The molecule has 1 aromatic rings. The Hall–Kier alpha value is -1.09. The maximum absolute atomic E-state index is 12.1. The first-order valence-corrected chi connectivity index (χ1v) is 6.62. The SMILES string of the molecule is CCc1oc([C@@H](C)[C@@H](O)C(C)C)c(C)c(=O)c1C. The first kappa shape index (κ1) is 15.0. The van der Waals surface area contributed by atoms with Crippen LogP contribution in [0.2, 0.25) is 0 Å². The molecule has 3 nitrogen and oxygen atoms in total. The molecule has 0 aliphatic heterocycles. The van der Waals surface area contributed by atoms with Crippen molar-refractivity contribution in [1.29, 1.82) is 0 Å². The minimum atomic E-state index is -0.501. The van der Waals surface area contributed by atoms with Crippen LogP contribution >= 0.6 is 0 Å². The minimum absolute atomic E-state index is 0.0379. The number of aryl methyl sites for hydroxylation is 1. The van der Waals surface area contributed by atoms with Crippen molar-refractivity contribution in [2.45, 2.75) is 60.0 Å². The molecule has 0 spiro atoms. The van der Waals surface area contributed by atoms with Crippen LogP contribution in [-0.4, -0.2) is 11.2 Å². The number of rotatable bonds is 4. The van der Waals surface area contributed by atoms with Gasteiger partial charge in [0.1, 0.15) is 11.5 Å². The van der Waals surface area contributed by atoms with Gasteiger partial charge in [-0.25, -0.2) is 0 Å². The fourth-order valence-corrected chi connectivity index (χ4v) is 2.31. The molecule has 3 heteroatoms. The molecule has 1 rings (SSSR count). The highest BCUT2D eigenvalue weighted by Crippen LogP contribution is 2.27. The molecule has 0 aliphatic rings. The summed E-state index contributed by atoms with van der Waals surface area (Å²) in [5, 5.41) is 10.1. The van der Waals surface area contributed by atoms with Crippen LogP contribution in [0, 0.1) is 19.8 Å². The highest BCUT2D eigenvalue weighted by molar-refractivity contribution is 5.28. The van der Waals surface area contributed by atoms with Crippen molar-refractivity contribution in [2.24, 2.45) is 5.92 Å². The first-order valence-electron chi connectivity index (χ1n) is 6.62. The molecule has 1 N–H and O–H groups in total. The molecular weight excluding hydrogens is 228 g/mol. The third-order valence-electron chi connectivity index (χ3n) is 3.63. The van der Waals surface area contributed by atoms with E-state index in [-0.39, 0.29) is 17.3 Å². The summed E-state index contributed by atoms with van der Waals surface area (Å²) >= 11 is 0. The largest absolute Gasteiger partial charge is 0.465 e. The van der Waals surface area contributed by atoms with Crippen molar-refractivity contribution in [3.63, 3.8) is 0 Å². The highest BCUT2D eigenvalue weighted by Gasteiger charge is 2.25. The van der Waals surface area contributed by atoms with Crippen molar-refractivity contribution < 1.29 is 9.52 Å². The molecule has 0 amide bonds. The fourth-order valence-electron chi connectivity index (χ4n) is 2.31. The van der Waals surface area contributed by atoms with Crippen LogP contribution in [0.25, 0.3) is 0 Å². The van der Waals surface area contributed by atoms with Gasteiger partial charge in [-0.2, -0.15) is 0 Å². The van der Waals surface area contributed by atoms with E-state index in [1.54, 1.807) is 13.8 Å². The van der Waals surface area contributed by atoms with Gasteiger partial charge in [0.15, 0.2) is 5.43 Å². The Morgan fingerprint density at radius 3 is 2.17 bits per heavy atom. The summed E-state index contributed by atoms with van der Waals surface area (Å²) in [5.74, 6) is 1.33. The molecular formula is C15H24O3. The molecule has 0 aliphatic carbocycles. The maximum atomic E-state index is 12.1. The second-order valence-electron chi connectivity index (χ2n) is 5.35. The molecule has 1 aromatic heterocycles. The molecule has 0 saturated carbocycles. The number of aliphatic hydroxyl groups excluding tert-OH is 1. The third-order valence-corrected chi connectivity index (χ3v) is 3.63. The van der Waals surface area contributed by atoms with E-state index in [0.29, 0.717) is 23.3 Å². The number of aliphatic hydroxyl groups is 1. The lowest BCUT2D eigenvalue weighted by atomic mass is 9.90. The Bertz CT molecular complexity index is 471. The van der Waals surface area contributed by atoms with Crippen molar-refractivity contribution >= 4 is 0 Å². The quantitative estimate of drug-likeness (QED) is 0.896. The van der Waals surface area contributed by atoms with Gasteiger partial charge >= 0.3 is 0 Å². The van der Waals surface area contributed by atoms with E-state index in [1.165, 1.54) is 0 Å². The Morgan fingerprint density at radius 2 is 1.72 bits per heavy atom. The van der Waals surface area contributed by atoms with Crippen LogP contribution in [0.3, 0.4) is 0 Å². The minimum Gasteiger partial charge on any atom is -0.465 e. The van der Waals surface area contributed by atoms with Crippen LogP contribution in [0.4, 0.5) is 0 Å². The van der Waals surface area contributed by atoms with Gasteiger partial charge in [0.2, 0.25) is 0 Å². The lowest BCUT2D eigenvalue weighted by Gasteiger charge is -2.23. The predicted molar refractivity (Wildman–Crippen MR) is 73.1 cm³/mol. The molecule has 2 atom stereocenters. The van der Waals surface area contributed by atoms with Crippen LogP contribution in [0.5, 0.6) is 0 Å². The summed E-state index contributed by atoms with van der Waals surface area (Å²) in [5.41, 5.74) is 1.35. The normalized spacial score (nSPS) is 14.9. The Balaban J connectivity index is 3.33. The topological polar surface area (TPSA) is 50.4 Å². The second-order valence-corrected chi connectivity index (χ2v) is 5.35. The van der Waals surface area contributed by atoms with Gasteiger partial charge in [0.25, 0.3) is 0 Å². The first-order chi connectivity index (χ1) is 8.31. The van der Waals surface area contributed by atoms with Crippen LogP contribution < -0.4 is 5.43 Å². The Kier molecular flexibility index (Phi) is 4.74. The molecule has 1 heterocycles. The van der Waals surface area contributed by atoms with E-state index in [2.05, 4.69) is 0 Å². The molecule has 0 aromatic carbocycles. The average molecular weight is 252 g/mol. The van der Waals surface area contributed by atoms with Gasteiger partial charge < -0.3 is 9.52 Å². The molecule has 0 fully saturated rings. The third kappa shape index (κ3) is 2.66. The van der Waals surface area contributed by atoms with Crippen molar-refractivity contribution in [3.8, 4) is 0 Å². The molecule has 0 radical (unpaired) electrons. The van der Waals surface area contributed by atoms with E-state index < -0.39 is 6.10 Å². The summed E-state index contributed by atoms with van der Waals surface area (Å²) in [6.07, 6.45) is 0.193. The number of hydrogen-bond acceptors (Lipinski definition) is 3. The highest BCUT2D eigenvalue weighted by atomic mass is 16.3. The van der Waals surface area contributed by atoms with E-state index in [9.17, 15) is 9.90 Å². The van der Waals surface area contributed by atoms with Gasteiger partial charge in [-0.3, -0.25) is 4.79 Å². The zero-order valence-electron chi connectivity index (χ0n) is 12.2. The molecule has 0 unspecified atom stereocenters. The van der Waals surface area contributed by atoms with Gasteiger partial charge in [-0.15, -0.1) is 0 Å². The standard InChI is InChI=1S/C15H24O3/c1-7-12-9(4)14(17)11(6)15(18-12)10(5)13(16)8(2)3/h8,10,13,16H,7H2,1-6H3/t10-,13-/m0/s1. The lowest BCUT2D eigenvalue weighted by Crippen LogP contribution is -2.25. The van der Waals surface area contributed by atoms with Crippen LogP contribution in [0.1, 0.15) is 56.3 Å². The van der Waals surface area contributed by atoms with Gasteiger partial charge in [-0.1, -0.05) is 27.7 Å². The summed E-state index contributed by atoms with van der Waals surface area (Å²) in [6.45, 7) is 11.4. The van der Waals surface area contributed by atoms with Crippen LogP contribution in [-0.2, 0) is 6.42 Å². The molecule has 102 valence electrons. The lowest BCUT2D eigenvalue weighted by molar-refractivity contribution is 0.0924. The van der Waals surface area contributed by atoms with Gasteiger partial charge in [0.05, 0.1) is 6.10 Å². The fraction of sp³-hybridized carbons (Fsp3) is 0.667. The maximum Gasteiger partial charge on any atom is 0.191 e. The molecule has 0 saturated heterocycles. The summed E-state index contributed by atoms with van der Waals surface area (Å²) in [4.78, 5) is 12.1. The van der Waals surface area contributed by atoms with E-state index in [1.807, 2.05) is 27.7 Å². The summed E-state index contributed by atoms with van der Waals surface area (Å²) in [7, 11) is 0. The summed E-state index contributed by atoms with van der Waals surface area (Å²) < 4.78 is 5.84. The zero-order chi connectivity index (χ0) is 14.0. The van der Waals surface area contributed by atoms with E-state index in [4.69, 9.17) is 4.42 Å². The van der Waals surface area contributed by atoms with Crippen molar-refractivity contribution in [3.05, 3.63) is 32.9 Å². The predicted octanol–water partition coefficient (Wildman–Crippen LogP) is 2.94. The average Bonchev–Trinajstić information content (AvgIpc) is 2.34. The molecule has 18 heavy (non-hydrogen) atoms.